The number of H-pyrrole nitrogens is 1. The molecular formula is C13H13IN6O2. The molecule has 0 aliphatic carbocycles. The van der Waals surface area contributed by atoms with E-state index in [1.54, 1.807) is 4.68 Å². The summed E-state index contributed by atoms with van der Waals surface area (Å²) in [6, 6.07) is 2.05. The summed E-state index contributed by atoms with van der Waals surface area (Å²) in [4.78, 5) is 13.8. The molecule has 0 aliphatic rings. The highest BCUT2D eigenvalue weighted by molar-refractivity contribution is 14.1. The van der Waals surface area contributed by atoms with Gasteiger partial charge in [0, 0.05) is 21.7 Å². The Morgan fingerprint density at radius 3 is 2.95 bits per heavy atom. The van der Waals surface area contributed by atoms with Gasteiger partial charge >= 0.3 is 5.97 Å². The number of rotatable bonds is 6. The molecule has 3 aromatic heterocycles. The number of aromatic nitrogens is 6. The zero-order chi connectivity index (χ0) is 15.5. The van der Waals surface area contributed by atoms with Crippen LogP contribution in [0.1, 0.15) is 29.0 Å². The number of fused-ring (bicyclic) bond motifs is 1. The fraction of sp³-hybridized carbons (Fsp3) is 0.308. The molecule has 0 saturated carbocycles. The van der Waals surface area contributed by atoms with Gasteiger partial charge in [-0.05, 0) is 47.9 Å². The SMILES string of the molecule is O=C(O)c1cn(CCCCc2cc3c(I)c[nH]c3nn2)nn1. The van der Waals surface area contributed by atoms with Crippen LogP contribution in [0.25, 0.3) is 11.0 Å². The summed E-state index contributed by atoms with van der Waals surface area (Å²) >= 11 is 2.26. The molecule has 0 fully saturated rings. The third kappa shape index (κ3) is 3.24. The minimum atomic E-state index is -1.06. The van der Waals surface area contributed by atoms with Crippen molar-refractivity contribution in [2.24, 2.45) is 0 Å². The second kappa shape index (κ2) is 6.38. The minimum Gasteiger partial charge on any atom is -0.476 e. The lowest BCUT2D eigenvalue weighted by atomic mass is 10.1. The standard InChI is InChI=1S/C13H13IN6O2/c14-10-6-15-12-9(10)5-8(16-18-12)3-1-2-4-20-7-11(13(21)22)17-19-20/h5-7H,1-4H2,(H,15,18)(H,21,22). The number of unbranched alkanes of at least 4 members (excludes halogenated alkanes) is 1. The molecule has 0 spiro atoms. The van der Waals surface area contributed by atoms with Crippen molar-refractivity contribution in [2.45, 2.75) is 25.8 Å². The van der Waals surface area contributed by atoms with E-state index in [2.05, 4.69) is 54.2 Å². The van der Waals surface area contributed by atoms with Crippen LogP contribution in [0, 0.1) is 3.57 Å². The number of hydrogen-bond acceptors (Lipinski definition) is 5. The molecule has 2 N–H and O–H groups in total. The number of aromatic amines is 1. The van der Waals surface area contributed by atoms with Gasteiger partial charge in [0.05, 0.1) is 11.9 Å². The number of carboxylic acids is 1. The van der Waals surface area contributed by atoms with Crippen LogP contribution in [0.2, 0.25) is 0 Å². The molecule has 9 heteroatoms. The van der Waals surface area contributed by atoms with Crippen LogP contribution in [0.3, 0.4) is 0 Å². The Hall–Kier alpha value is -2.04. The third-order valence-electron chi connectivity index (χ3n) is 3.27. The van der Waals surface area contributed by atoms with E-state index < -0.39 is 5.97 Å². The van der Waals surface area contributed by atoms with Crippen molar-refractivity contribution in [2.75, 3.05) is 0 Å². The number of carbonyl (C=O) groups is 1. The number of hydrogen-bond donors (Lipinski definition) is 2. The Bertz CT molecular complexity index is 812. The van der Waals surface area contributed by atoms with E-state index in [0.29, 0.717) is 6.54 Å². The Kier molecular flexibility index (Phi) is 4.32. The highest BCUT2D eigenvalue weighted by Gasteiger charge is 2.08. The van der Waals surface area contributed by atoms with Crippen molar-refractivity contribution in [1.29, 1.82) is 0 Å². The van der Waals surface area contributed by atoms with Crippen molar-refractivity contribution in [1.82, 2.24) is 30.2 Å². The largest absolute Gasteiger partial charge is 0.476 e. The van der Waals surface area contributed by atoms with Gasteiger partial charge in [-0.2, -0.15) is 5.10 Å². The van der Waals surface area contributed by atoms with Crippen LogP contribution in [0.4, 0.5) is 0 Å². The summed E-state index contributed by atoms with van der Waals surface area (Å²) in [5.74, 6) is -1.06. The van der Waals surface area contributed by atoms with Gasteiger partial charge < -0.3 is 10.1 Å². The number of aryl methyl sites for hydroxylation is 2. The van der Waals surface area contributed by atoms with E-state index >= 15 is 0 Å². The first kappa shape index (κ1) is 14.9. The lowest BCUT2D eigenvalue weighted by molar-refractivity contribution is 0.0690. The number of nitrogens with one attached hydrogen (secondary N) is 1. The molecule has 114 valence electrons. The van der Waals surface area contributed by atoms with Crippen molar-refractivity contribution < 1.29 is 9.90 Å². The first-order valence-corrected chi connectivity index (χ1v) is 7.84. The smallest absolute Gasteiger partial charge is 0.358 e. The lowest BCUT2D eigenvalue weighted by Gasteiger charge is -2.01. The monoisotopic (exact) mass is 412 g/mol. The molecule has 0 aliphatic heterocycles. The summed E-state index contributed by atoms with van der Waals surface area (Å²) in [6.45, 7) is 0.637. The van der Waals surface area contributed by atoms with E-state index in [1.807, 2.05) is 6.20 Å². The van der Waals surface area contributed by atoms with Crippen LogP contribution in [-0.2, 0) is 13.0 Å². The van der Waals surface area contributed by atoms with Crippen LogP contribution in [0.5, 0.6) is 0 Å². The summed E-state index contributed by atoms with van der Waals surface area (Å²) in [5.41, 5.74) is 1.73. The molecule has 0 saturated heterocycles. The highest BCUT2D eigenvalue weighted by Crippen LogP contribution is 2.18. The van der Waals surface area contributed by atoms with E-state index in [0.717, 1.165) is 39.6 Å². The van der Waals surface area contributed by atoms with Gasteiger partial charge in [-0.25, -0.2) is 4.79 Å². The first-order valence-electron chi connectivity index (χ1n) is 6.76. The zero-order valence-electron chi connectivity index (χ0n) is 11.5. The Morgan fingerprint density at radius 2 is 2.18 bits per heavy atom. The van der Waals surface area contributed by atoms with Gasteiger partial charge in [0.25, 0.3) is 0 Å². The summed E-state index contributed by atoms with van der Waals surface area (Å²) in [5, 5.41) is 25.6. The van der Waals surface area contributed by atoms with E-state index in [1.165, 1.54) is 6.20 Å². The van der Waals surface area contributed by atoms with E-state index in [4.69, 9.17) is 5.11 Å². The molecular weight excluding hydrogens is 399 g/mol. The Labute approximate surface area is 139 Å². The number of aromatic carboxylic acids is 1. The quantitative estimate of drug-likeness (QED) is 0.473. The average molecular weight is 412 g/mol. The Balaban J connectivity index is 1.53. The zero-order valence-corrected chi connectivity index (χ0v) is 13.7. The second-order valence-electron chi connectivity index (χ2n) is 4.86. The summed E-state index contributed by atoms with van der Waals surface area (Å²) < 4.78 is 2.68. The maximum Gasteiger partial charge on any atom is 0.358 e. The van der Waals surface area contributed by atoms with Gasteiger partial charge in [-0.3, -0.25) is 4.68 Å². The molecule has 0 unspecified atom stereocenters. The maximum atomic E-state index is 10.7. The lowest BCUT2D eigenvalue weighted by Crippen LogP contribution is -2.01. The van der Waals surface area contributed by atoms with Gasteiger partial charge in [0.2, 0.25) is 0 Å². The average Bonchev–Trinajstić information content (AvgIpc) is 3.11. The topological polar surface area (TPSA) is 110 Å². The molecule has 8 nitrogen and oxygen atoms in total. The number of carboxylic acid groups (broad SMARTS) is 1. The summed E-state index contributed by atoms with van der Waals surface area (Å²) in [6.07, 6.45) is 5.96. The predicted octanol–water partition coefficient (Wildman–Crippen LogP) is 1.88. The van der Waals surface area contributed by atoms with E-state index in [9.17, 15) is 4.79 Å². The van der Waals surface area contributed by atoms with Crippen LogP contribution in [0.15, 0.2) is 18.5 Å². The fourth-order valence-electron chi connectivity index (χ4n) is 2.14. The fourth-order valence-corrected chi connectivity index (χ4v) is 2.70. The molecule has 3 aromatic rings. The number of nitrogens with zero attached hydrogens (tertiary/aromatic N) is 5. The minimum absolute atomic E-state index is 0.0293. The van der Waals surface area contributed by atoms with Crippen molar-refractivity contribution in [3.05, 3.63) is 33.4 Å². The highest BCUT2D eigenvalue weighted by atomic mass is 127. The Morgan fingerprint density at radius 1 is 1.32 bits per heavy atom. The molecule has 3 heterocycles. The normalized spacial score (nSPS) is 11.1. The van der Waals surface area contributed by atoms with Crippen LogP contribution < -0.4 is 0 Å². The van der Waals surface area contributed by atoms with Gasteiger partial charge in [0.15, 0.2) is 11.3 Å². The molecule has 0 aromatic carbocycles. The van der Waals surface area contributed by atoms with Gasteiger partial charge in [-0.15, -0.1) is 10.2 Å². The van der Waals surface area contributed by atoms with Crippen LogP contribution in [-0.4, -0.2) is 41.3 Å². The molecule has 3 rings (SSSR count). The first-order chi connectivity index (χ1) is 10.6. The third-order valence-corrected chi connectivity index (χ3v) is 4.16. The molecule has 22 heavy (non-hydrogen) atoms. The second-order valence-corrected chi connectivity index (χ2v) is 6.03. The van der Waals surface area contributed by atoms with Gasteiger partial charge in [0.1, 0.15) is 0 Å². The van der Waals surface area contributed by atoms with Crippen molar-refractivity contribution in [3.63, 3.8) is 0 Å². The molecule has 0 radical (unpaired) electrons. The molecule has 0 bridgehead atoms. The van der Waals surface area contributed by atoms with Crippen LogP contribution >= 0.6 is 22.6 Å². The predicted molar refractivity (Wildman–Crippen MR) is 86.5 cm³/mol. The van der Waals surface area contributed by atoms with Crippen molar-refractivity contribution in [3.8, 4) is 0 Å². The molecule has 0 atom stereocenters. The van der Waals surface area contributed by atoms with E-state index in [-0.39, 0.29) is 5.69 Å². The molecule has 0 amide bonds. The van der Waals surface area contributed by atoms with Crippen molar-refractivity contribution >= 4 is 39.6 Å². The van der Waals surface area contributed by atoms with Gasteiger partial charge in [-0.1, -0.05) is 5.21 Å². The summed E-state index contributed by atoms with van der Waals surface area (Å²) in [7, 11) is 0. The number of halogens is 1. The maximum absolute atomic E-state index is 10.7.